The first-order valence-corrected chi connectivity index (χ1v) is 11.8. The highest BCUT2D eigenvalue weighted by Gasteiger charge is 2.20. The number of aromatic nitrogens is 1. The number of anilines is 3. The molecule has 178 valence electrons. The fourth-order valence-corrected chi connectivity index (χ4v) is 4.40. The van der Waals surface area contributed by atoms with E-state index in [4.69, 9.17) is 0 Å². The van der Waals surface area contributed by atoms with E-state index in [1.165, 1.54) is 23.0 Å². The number of nitrogens with one attached hydrogen (secondary N) is 2. The zero-order chi connectivity index (χ0) is 23.9. The van der Waals surface area contributed by atoms with E-state index < -0.39 is 0 Å². The van der Waals surface area contributed by atoms with E-state index in [0.717, 1.165) is 51.0 Å². The Kier molecular flexibility index (Phi) is 7.69. The average molecular weight is 460 g/mol. The van der Waals surface area contributed by atoms with E-state index in [9.17, 15) is 4.79 Å². The predicted octanol–water partition coefficient (Wildman–Crippen LogP) is 3.55. The molecule has 0 saturated carbocycles. The minimum absolute atomic E-state index is 0.292. The average Bonchev–Trinajstić information content (AvgIpc) is 3.23. The predicted molar refractivity (Wildman–Crippen MR) is 140 cm³/mol. The van der Waals surface area contributed by atoms with Crippen molar-refractivity contribution < 1.29 is 4.79 Å². The molecule has 34 heavy (non-hydrogen) atoms. The Bertz CT molecular complexity index is 1070. The molecule has 0 bridgehead atoms. The van der Waals surface area contributed by atoms with Crippen LogP contribution in [-0.4, -0.2) is 68.6 Å². The summed E-state index contributed by atoms with van der Waals surface area (Å²) in [4.78, 5) is 29.3. The molecule has 1 aliphatic carbocycles. The van der Waals surface area contributed by atoms with Gasteiger partial charge < -0.3 is 20.4 Å². The third-order valence-electron chi connectivity index (χ3n) is 6.53. The number of benzene rings is 1. The SMILES string of the molecule is C=N/C=C(C=O)\C(=N/CNc1ccc(N2CCN(C)CC2)cc1)Nc1cc2c(cn1)CCC2C. The van der Waals surface area contributed by atoms with E-state index in [-0.39, 0.29) is 0 Å². The lowest BCUT2D eigenvalue weighted by Crippen LogP contribution is -2.44. The van der Waals surface area contributed by atoms with Gasteiger partial charge in [0.25, 0.3) is 0 Å². The molecule has 1 saturated heterocycles. The lowest BCUT2D eigenvalue weighted by atomic mass is 10.1. The van der Waals surface area contributed by atoms with Gasteiger partial charge in [-0.3, -0.25) is 9.79 Å². The molecule has 0 spiro atoms. The van der Waals surface area contributed by atoms with E-state index in [2.05, 4.69) is 86.4 Å². The Hall–Kier alpha value is -3.52. The lowest BCUT2D eigenvalue weighted by molar-refractivity contribution is -0.104. The number of rotatable bonds is 8. The second-order valence-electron chi connectivity index (χ2n) is 8.90. The maximum Gasteiger partial charge on any atom is 0.155 e. The van der Waals surface area contributed by atoms with Gasteiger partial charge in [-0.25, -0.2) is 9.98 Å². The van der Waals surface area contributed by atoms with Gasteiger partial charge in [0.1, 0.15) is 18.3 Å². The highest BCUT2D eigenvalue weighted by Crippen LogP contribution is 2.33. The summed E-state index contributed by atoms with van der Waals surface area (Å²) < 4.78 is 0. The van der Waals surface area contributed by atoms with Gasteiger partial charge in [-0.05, 0) is 74.0 Å². The number of hydrogen-bond acceptors (Lipinski definition) is 7. The van der Waals surface area contributed by atoms with Gasteiger partial charge >= 0.3 is 0 Å². The molecule has 2 N–H and O–H groups in total. The van der Waals surface area contributed by atoms with E-state index >= 15 is 0 Å². The van der Waals surface area contributed by atoms with Gasteiger partial charge in [0, 0.05) is 50.0 Å². The standard InChI is InChI=1S/C26H33N7O/c1-19-4-5-20-16-28-25(14-24(19)20)31-26(21(17-34)15-27-2)30-18-29-22-6-8-23(9-7-22)33-12-10-32(3)11-13-33/h6-9,14-17,19,29H,2,4-5,10-13,18H2,1,3H3,(H,28,30,31)/b21-15-. The van der Waals surface area contributed by atoms with Crippen LogP contribution in [0.5, 0.6) is 0 Å². The van der Waals surface area contributed by atoms with Crippen LogP contribution in [0.3, 0.4) is 0 Å². The van der Waals surface area contributed by atoms with Crippen LogP contribution in [0.25, 0.3) is 0 Å². The fraction of sp³-hybridized carbons (Fsp3) is 0.385. The summed E-state index contributed by atoms with van der Waals surface area (Å²) in [6.45, 7) is 10.2. The van der Waals surface area contributed by atoms with E-state index in [1.54, 1.807) is 0 Å². The first-order chi connectivity index (χ1) is 16.6. The number of hydrogen-bond donors (Lipinski definition) is 2. The first kappa shape index (κ1) is 23.6. The molecule has 2 heterocycles. The molecule has 1 aromatic heterocycles. The van der Waals surface area contributed by atoms with Crippen LogP contribution in [0.15, 0.2) is 58.3 Å². The minimum Gasteiger partial charge on any atom is -0.369 e. The Morgan fingerprint density at radius 1 is 1.24 bits per heavy atom. The van der Waals surface area contributed by atoms with Crippen molar-refractivity contribution in [2.75, 3.05) is 55.4 Å². The first-order valence-electron chi connectivity index (χ1n) is 11.8. The Labute approximate surface area is 201 Å². The van der Waals surface area contributed by atoms with Crippen molar-refractivity contribution in [3.05, 3.63) is 59.4 Å². The molecule has 2 aromatic rings. The maximum absolute atomic E-state index is 11.7. The molecule has 8 nitrogen and oxygen atoms in total. The van der Waals surface area contributed by atoms with Crippen LogP contribution >= 0.6 is 0 Å². The topological polar surface area (TPSA) is 85.2 Å². The molecule has 0 amide bonds. The molecule has 8 heteroatoms. The van der Waals surface area contributed by atoms with Gasteiger partial charge in [0.05, 0.1) is 5.57 Å². The summed E-state index contributed by atoms with van der Waals surface area (Å²) in [5.74, 6) is 1.58. The van der Waals surface area contributed by atoms with Crippen molar-refractivity contribution in [1.29, 1.82) is 0 Å². The monoisotopic (exact) mass is 459 g/mol. The number of carbonyl (C=O) groups is 1. The maximum atomic E-state index is 11.7. The Morgan fingerprint density at radius 3 is 2.71 bits per heavy atom. The molecule has 0 radical (unpaired) electrons. The second kappa shape index (κ2) is 11.1. The normalized spacial score (nSPS) is 19.0. The van der Waals surface area contributed by atoms with Crippen molar-refractivity contribution in [2.24, 2.45) is 9.98 Å². The molecule has 1 atom stereocenters. The number of pyridine rings is 1. The molecule has 4 rings (SSSR count). The highest BCUT2D eigenvalue weighted by atomic mass is 16.1. The number of likely N-dealkylation sites (N-methyl/N-ethyl adjacent to an activating group) is 1. The summed E-state index contributed by atoms with van der Waals surface area (Å²) in [6, 6.07) is 10.4. The molecule has 1 aromatic carbocycles. The number of aldehydes is 1. The number of nitrogens with zero attached hydrogens (tertiary/aromatic N) is 5. The molecule has 1 fully saturated rings. The number of aryl methyl sites for hydroxylation is 1. The van der Waals surface area contributed by atoms with Gasteiger partial charge in [0.15, 0.2) is 6.29 Å². The van der Waals surface area contributed by atoms with Gasteiger partial charge in [-0.2, -0.15) is 0 Å². The number of fused-ring (bicyclic) bond motifs is 1. The Balaban J connectivity index is 1.44. The lowest BCUT2D eigenvalue weighted by Gasteiger charge is -2.34. The second-order valence-corrected chi connectivity index (χ2v) is 8.90. The summed E-state index contributed by atoms with van der Waals surface area (Å²) >= 11 is 0. The zero-order valence-corrected chi connectivity index (χ0v) is 20.0. The summed E-state index contributed by atoms with van der Waals surface area (Å²) in [5.41, 5.74) is 5.09. The number of aliphatic imine (C=N–C) groups is 2. The van der Waals surface area contributed by atoms with Gasteiger partial charge in [-0.1, -0.05) is 6.92 Å². The van der Waals surface area contributed by atoms with Crippen LogP contribution < -0.4 is 15.5 Å². The summed E-state index contributed by atoms with van der Waals surface area (Å²) in [5, 5.41) is 6.51. The fourth-order valence-electron chi connectivity index (χ4n) is 4.40. The third kappa shape index (κ3) is 5.69. The Morgan fingerprint density at radius 2 is 2.00 bits per heavy atom. The number of amidine groups is 1. The van der Waals surface area contributed by atoms with Crippen LogP contribution in [-0.2, 0) is 11.2 Å². The molecular weight excluding hydrogens is 426 g/mol. The third-order valence-corrected chi connectivity index (χ3v) is 6.53. The largest absolute Gasteiger partial charge is 0.369 e. The summed E-state index contributed by atoms with van der Waals surface area (Å²) in [7, 11) is 2.16. The van der Waals surface area contributed by atoms with Crippen molar-refractivity contribution in [3.8, 4) is 0 Å². The number of piperazine rings is 1. The number of carbonyl (C=O) groups excluding carboxylic acids is 1. The van der Waals surface area contributed by atoms with Crippen molar-refractivity contribution in [3.63, 3.8) is 0 Å². The van der Waals surface area contributed by atoms with Crippen LogP contribution in [0, 0.1) is 0 Å². The van der Waals surface area contributed by atoms with Crippen LogP contribution in [0.4, 0.5) is 17.2 Å². The molecular formula is C26H33N7O. The van der Waals surface area contributed by atoms with Crippen molar-refractivity contribution >= 4 is 36.0 Å². The summed E-state index contributed by atoms with van der Waals surface area (Å²) in [6.07, 6.45) is 6.23. The van der Waals surface area contributed by atoms with Crippen molar-refractivity contribution in [2.45, 2.75) is 25.7 Å². The minimum atomic E-state index is 0.292. The van der Waals surface area contributed by atoms with Crippen molar-refractivity contribution in [1.82, 2.24) is 9.88 Å². The van der Waals surface area contributed by atoms with Gasteiger partial charge in [0.2, 0.25) is 0 Å². The quantitative estimate of drug-likeness (QED) is 0.272. The molecule has 1 aliphatic heterocycles. The van der Waals surface area contributed by atoms with Gasteiger partial charge in [-0.15, -0.1) is 0 Å². The van der Waals surface area contributed by atoms with E-state index in [1.807, 2.05) is 6.20 Å². The molecule has 2 aliphatic rings. The molecule has 1 unspecified atom stereocenters. The van der Waals surface area contributed by atoms with Crippen LogP contribution in [0.2, 0.25) is 0 Å². The van der Waals surface area contributed by atoms with E-state index in [0.29, 0.717) is 29.8 Å². The highest BCUT2D eigenvalue weighted by molar-refractivity contribution is 6.19. The smallest absolute Gasteiger partial charge is 0.155 e. The van der Waals surface area contributed by atoms with Crippen LogP contribution in [0.1, 0.15) is 30.4 Å². The zero-order valence-electron chi connectivity index (χ0n) is 20.0.